The molecule has 2 rings (SSSR count). The number of sulfonamides is 1. The zero-order valence-corrected chi connectivity index (χ0v) is 14.7. The van der Waals surface area contributed by atoms with Crippen LogP contribution in [-0.4, -0.2) is 38.8 Å². The molecule has 1 aliphatic heterocycles. The van der Waals surface area contributed by atoms with Crippen molar-refractivity contribution in [1.29, 1.82) is 0 Å². The highest BCUT2D eigenvalue weighted by molar-refractivity contribution is 9.10. The minimum absolute atomic E-state index is 0.122. The highest BCUT2D eigenvalue weighted by atomic mass is 79.9. The van der Waals surface area contributed by atoms with E-state index in [-0.39, 0.29) is 17.3 Å². The van der Waals surface area contributed by atoms with Crippen LogP contribution in [0, 0.1) is 12.3 Å². The van der Waals surface area contributed by atoms with Crippen LogP contribution in [0.1, 0.15) is 18.9 Å². The summed E-state index contributed by atoms with van der Waals surface area (Å²) in [6.45, 7) is 4.26. The van der Waals surface area contributed by atoms with Gasteiger partial charge in [-0.25, -0.2) is 8.42 Å². The topological polar surface area (TPSA) is 66.5 Å². The molecule has 1 aromatic rings. The summed E-state index contributed by atoms with van der Waals surface area (Å²) in [6, 6.07) is 5.15. The summed E-state index contributed by atoms with van der Waals surface area (Å²) in [7, 11) is -2.02. The molecule has 0 radical (unpaired) electrons. The number of rotatable bonds is 3. The van der Waals surface area contributed by atoms with E-state index in [4.69, 9.17) is 0 Å². The van der Waals surface area contributed by atoms with Crippen LogP contribution in [0.3, 0.4) is 0 Å². The van der Waals surface area contributed by atoms with Crippen molar-refractivity contribution in [2.24, 2.45) is 5.41 Å². The van der Waals surface area contributed by atoms with Crippen molar-refractivity contribution < 1.29 is 13.2 Å². The van der Waals surface area contributed by atoms with E-state index in [1.165, 1.54) is 4.31 Å². The Morgan fingerprint density at radius 1 is 1.43 bits per heavy atom. The van der Waals surface area contributed by atoms with Gasteiger partial charge in [-0.3, -0.25) is 4.79 Å². The molecule has 5 nitrogen and oxygen atoms in total. The molecule has 1 aromatic carbocycles. The van der Waals surface area contributed by atoms with Gasteiger partial charge in [0.05, 0.1) is 10.3 Å². The monoisotopic (exact) mass is 374 g/mol. The van der Waals surface area contributed by atoms with E-state index >= 15 is 0 Å². The maximum Gasteiger partial charge on any atom is 0.244 e. The molecule has 1 fully saturated rings. The van der Waals surface area contributed by atoms with Gasteiger partial charge in [-0.1, -0.05) is 6.07 Å². The predicted molar refractivity (Wildman–Crippen MR) is 84.4 cm³/mol. The third kappa shape index (κ3) is 3.00. The second kappa shape index (κ2) is 5.70. The van der Waals surface area contributed by atoms with Gasteiger partial charge in [-0.15, -0.1) is 0 Å². The first kappa shape index (κ1) is 16.5. The first-order chi connectivity index (χ1) is 9.70. The molecule has 1 atom stereocenters. The summed E-state index contributed by atoms with van der Waals surface area (Å²) in [6.07, 6.45) is 0.523. The number of hydrogen-bond acceptors (Lipinski definition) is 3. The fourth-order valence-electron chi connectivity index (χ4n) is 2.57. The lowest BCUT2D eigenvalue weighted by atomic mass is 9.89. The van der Waals surface area contributed by atoms with E-state index in [0.717, 1.165) is 5.56 Å². The third-order valence-corrected chi connectivity index (χ3v) is 6.74. The van der Waals surface area contributed by atoms with Gasteiger partial charge in [0, 0.05) is 24.6 Å². The van der Waals surface area contributed by atoms with Gasteiger partial charge in [0.15, 0.2) is 0 Å². The average molecular weight is 375 g/mol. The molecule has 0 saturated carbocycles. The van der Waals surface area contributed by atoms with E-state index in [9.17, 15) is 13.2 Å². The summed E-state index contributed by atoms with van der Waals surface area (Å²) in [5.74, 6) is -0.122. The minimum atomic E-state index is -3.59. The summed E-state index contributed by atoms with van der Waals surface area (Å²) in [4.78, 5) is 12.2. The van der Waals surface area contributed by atoms with Gasteiger partial charge in [-0.2, -0.15) is 4.31 Å². The lowest BCUT2D eigenvalue weighted by Gasteiger charge is -2.23. The van der Waals surface area contributed by atoms with Crippen molar-refractivity contribution in [2.45, 2.75) is 25.2 Å². The van der Waals surface area contributed by atoms with Gasteiger partial charge < -0.3 is 5.32 Å². The van der Waals surface area contributed by atoms with Crippen LogP contribution in [0.4, 0.5) is 0 Å². The van der Waals surface area contributed by atoms with Crippen molar-refractivity contribution in [3.05, 3.63) is 28.2 Å². The molecular weight excluding hydrogens is 356 g/mol. The maximum absolute atomic E-state index is 12.7. The number of aryl methyl sites for hydroxylation is 1. The van der Waals surface area contributed by atoms with Crippen LogP contribution in [0.5, 0.6) is 0 Å². The zero-order valence-electron chi connectivity index (χ0n) is 12.3. The fraction of sp³-hybridized carbons (Fsp3) is 0.500. The Kier molecular flexibility index (Phi) is 4.46. The molecule has 1 N–H and O–H groups in total. The predicted octanol–water partition coefficient (Wildman–Crippen LogP) is 1.90. The first-order valence-corrected chi connectivity index (χ1v) is 8.92. The average Bonchev–Trinajstić information content (AvgIpc) is 2.82. The SMILES string of the molecule is CNC(=O)C1(C)CCN(S(=O)(=O)c2ccc(C)cc2Br)C1. The van der Waals surface area contributed by atoms with E-state index < -0.39 is 15.4 Å². The van der Waals surface area contributed by atoms with Gasteiger partial charge in [0.25, 0.3) is 0 Å². The highest BCUT2D eigenvalue weighted by Gasteiger charge is 2.44. The van der Waals surface area contributed by atoms with Crippen LogP contribution in [-0.2, 0) is 14.8 Å². The smallest absolute Gasteiger partial charge is 0.244 e. The Morgan fingerprint density at radius 2 is 2.10 bits per heavy atom. The number of nitrogens with one attached hydrogen (secondary N) is 1. The standard InChI is InChI=1S/C14H19BrN2O3S/c1-10-4-5-12(11(15)8-10)21(19,20)17-7-6-14(2,9-17)13(18)16-3/h4-5,8H,6-7,9H2,1-3H3,(H,16,18). The molecule has 0 aromatic heterocycles. The number of carbonyl (C=O) groups excluding carboxylic acids is 1. The van der Waals surface area contributed by atoms with Gasteiger partial charge in [0.1, 0.15) is 0 Å². The van der Waals surface area contributed by atoms with Crippen LogP contribution >= 0.6 is 15.9 Å². The highest BCUT2D eigenvalue weighted by Crippen LogP contribution is 2.35. The van der Waals surface area contributed by atoms with Crippen LogP contribution in [0.15, 0.2) is 27.6 Å². The normalized spacial score (nSPS) is 23.2. The van der Waals surface area contributed by atoms with Gasteiger partial charge >= 0.3 is 0 Å². The lowest BCUT2D eigenvalue weighted by Crippen LogP contribution is -2.40. The summed E-state index contributed by atoms with van der Waals surface area (Å²) < 4.78 is 27.4. The number of amides is 1. The van der Waals surface area contributed by atoms with Crippen LogP contribution in [0.2, 0.25) is 0 Å². The molecule has 7 heteroatoms. The number of halogens is 1. The number of nitrogens with zero attached hydrogens (tertiary/aromatic N) is 1. The first-order valence-electron chi connectivity index (χ1n) is 6.69. The third-order valence-electron chi connectivity index (χ3n) is 3.92. The van der Waals surface area contributed by atoms with Crippen LogP contribution < -0.4 is 5.32 Å². The van der Waals surface area contributed by atoms with E-state index in [1.54, 1.807) is 32.2 Å². The second-order valence-corrected chi connectivity index (χ2v) is 8.42. The largest absolute Gasteiger partial charge is 0.359 e. The molecule has 1 saturated heterocycles. The molecule has 21 heavy (non-hydrogen) atoms. The quantitative estimate of drug-likeness (QED) is 0.878. The number of carbonyl (C=O) groups is 1. The molecule has 0 aliphatic carbocycles. The van der Waals surface area contributed by atoms with E-state index in [1.807, 2.05) is 6.92 Å². The fourth-order valence-corrected chi connectivity index (χ4v) is 5.28. The second-order valence-electron chi connectivity index (χ2n) is 5.66. The summed E-state index contributed by atoms with van der Waals surface area (Å²) in [5, 5.41) is 2.61. The number of hydrogen-bond donors (Lipinski definition) is 1. The Morgan fingerprint density at radius 3 is 2.67 bits per heavy atom. The van der Waals surface area contributed by atoms with Crippen molar-refractivity contribution >= 4 is 31.9 Å². The van der Waals surface area contributed by atoms with E-state index in [2.05, 4.69) is 21.2 Å². The van der Waals surface area contributed by atoms with Crippen molar-refractivity contribution in [3.63, 3.8) is 0 Å². The molecule has 116 valence electrons. The van der Waals surface area contributed by atoms with Gasteiger partial charge in [0.2, 0.25) is 15.9 Å². The van der Waals surface area contributed by atoms with Gasteiger partial charge in [-0.05, 0) is 53.9 Å². The Labute approximate surface area is 133 Å². The minimum Gasteiger partial charge on any atom is -0.359 e. The Hall–Kier alpha value is -0.920. The molecule has 0 bridgehead atoms. The summed E-state index contributed by atoms with van der Waals surface area (Å²) >= 11 is 3.32. The lowest BCUT2D eigenvalue weighted by molar-refractivity contribution is -0.128. The zero-order chi connectivity index (χ0) is 15.8. The molecular formula is C14H19BrN2O3S. The van der Waals surface area contributed by atoms with E-state index in [0.29, 0.717) is 17.4 Å². The Bertz CT molecular complexity index is 675. The molecule has 0 spiro atoms. The van der Waals surface area contributed by atoms with Crippen LogP contribution in [0.25, 0.3) is 0 Å². The van der Waals surface area contributed by atoms with Crippen molar-refractivity contribution in [2.75, 3.05) is 20.1 Å². The Balaban J connectivity index is 2.32. The molecule has 1 amide bonds. The van der Waals surface area contributed by atoms with Crippen molar-refractivity contribution in [3.8, 4) is 0 Å². The summed E-state index contributed by atoms with van der Waals surface area (Å²) in [5.41, 5.74) is 0.316. The van der Waals surface area contributed by atoms with Crippen molar-refractivity contribution in [1.82, 2.24) is 9.62 Å². The maximum atomic E-state index is 12.7. The number of benzene rings is 1. The molecule has 1 heterocycles. The molecule has 1 unspecified atom stereocenters. The molecule has 1 aliphatic rings.